The van der Waals surface area contributed by atoms with Crippen LogP contribution in [0.3, 0.4) is 0 Å². The standard InChI is InChI=1S/C17H26O3S/c1-16(2)8-9-17(3,4)14-10-12(6-7-13(14)16)15(18)11-21(5,19)20/h6-7,10,15,18H,8-9,11H2,1-5H3. The van der Waals surface area contributed by atoms with E-state index in [2.05, 4.69) is 33.8 Å². The van der Waals surface area contributed by atoms with Crippen molar-refractivity contribution in [1.82, 2.24) is 0 Å². The minimum atomic E-state index is -3.19. The second-order valence-electron chi connectivity index (χ2n) is 7.68. The molecule has 1 aliphatic rings. The first-order valence-electron chi connectivity index (χ1n) is 7.43. The fourth-order valence-electron chi connectivity index (χ4n) is 3.20. The van der Waals surface area contributed by atoms with Crippen LogP contribution in [0.25, 0.3) is 0 Å². The first-order valence-corrected chi connectivity index (χ1v) is 9.49. The molecule has 21 heavy (non-hydrogen) atoms. The maximum atomic E-state index is 11.4. The van der Waals surface area contributed by atoms with Gasteiger partial charge in [0.15, 0.2) is 0 Å². The first kappa shape index (κ1) is 16.5. The number of fused-ring (bicyclic) bond motifs is 1. The zero-order chi connectivity index (χ0) is 16.1. The van der Waals surface area contributed by atoms with Gasteiger partial charge in [-0.1, -0.05) is 45.9 Å². The van der Waals surface area contributed by atoms with Crippen molar-refractivity contribution < 1.29 is 13.5 Å². The van der Waals surface area contributed by atoms with Crippen molar-refractivity contribution in [2.24, 2.45) is 0 Å². The minimum absolute atomic E-state index is 0.0612. The molecule has 0 fully saturated rings. The average molecular weight is 310 g/mol. The van der Waals surface area contributed by atoms with Crippen LogP contribution in [0.2, 0.25) is 0 Å². The summed E-state index contributed by atoms with van der Waals surface area (Å²) in [6.45, 7) is 8.92. The summed E-state index contributed by atoms with van der Waals surface area (Å²) in [7, 11) is -3.19. The highest BCUT2D eigenvalue weighted by atomic mass is 32.2. The summed E-state index contributed by atoms with van der Waals surface area (Å²) in [4.78, 5) is 0. The SMILES string of the molecule is CC1(C)CCC(C)(C)c2cc(C(O)CS(C)(=O)=O)ccc21. The molecule has 0 saturated heterocycles. The number of rotatable bonds is 3. The summed E-state index contributed by atoms with van der Waals surface area (Å²) in [6.07, 6.45) is 2.43. The van der Waals surface area contributed by atoms with E-state index >= 15 is 0 Å². The third-order valence-electron chi connectivity index (χ3n) is 4.72. The topological polar surface area (TPSA) is 54.4 Å². The van der Waals surface area contributed by atoms with Crippen molar-refractivity contribution in [3.63, 3.8) is 0 Å². The molecule has 0 spiro atoms. The Bertz CT molecular complexity index is 642. The van der Waals surface area contributed by atoms with Gasteiger partial charge in [-0.25, -0.2) is 8.42 Å². The highest BCUT2D eigenvalue weighted by Crippen LogP contribution is 2.46. The lowest BCUT2D eigenvalue weighted by atomic mass is 9.63. The predicted octanol–water partition coefficient (Wildman–Crippen LogP) is 3.11. The van der Waals surface area contributed by atoms with E-state index in [-0.39, 0.29) is 16.6 Å². The van der Waals surface area contributed by atoms with E-state index in [1.807, 2.05) is 12.1 Å². The molecule has 1 aliphatic carbocycles. The third kappa shape index (κ3) is 3.49. The van der Waals surface area contributed by atoms with Crippen LogP contribution in [-0.2, 0) is 20.7 Å². The molecule has 1 N–H and O–H groups in total. The van der Waals surface area contributed by atoms with Crippen LogP contribution in [0.15, 0.2) is 18.2 Å². The highest BCUT2D eigenvalue weighted by Gasteiger charge is 2.37. The third-order valence-corrected chi connectivity index (χ3v) is 5.64. The Balaban J connectivity index is 2.46. The van der Waals surface area contributed by atoms with E-state index in [0.717, 1.165) is 19.1 Å². The number of hydrogen-bond donors (Lipinski definition) is 1. The first-order chi connectivity index (χ1) is 9.42. The number of sulfone groups is 1. The maximum absolute atomic E-state index is 11.4. The molecule has 4 heteroatoms. The Labute approximate surface area is 128 Å². The van der Waals surface area contributed by atoms with Crippen LogP contribution < -0.4 is 0 Å². The van der Waals surface area contributed by atoms with Gasteiger partial charge in [0.2, 0.25) is 0 Å². The van der Waals surface area contributed by atoms with Crippen molar-refractivity contribution in [3.05, 3.63) is 34.9 Å². The van der Waals surface area contributed by atoms with Crippen LogP contribution in [0, 0.1) is 0 Å². The molecule has 1 aromatic rings. The van der Waals surface area contributed by atoms with Crippen molar-refractivity contribution in [2.45, 2.75) is 57.5 Å². The van der Waals surface area contributed by atoms with Gasteiger partial charge in [0.25, 0.3) is 0 Å². The summed E-state index contributed by atoms with van der Waals surface area (Å²) < 4.78 is 22.7. The Hall–Kier alpha value is -0.870. The van der Waals surface area contributed by atoms with Crippen molar-refractivity contribution in [1.29, 1.82) is 0 Å². The zero-order valence-corrected chi connectivity index (χ0v) is 14.4. The molecule has 0 aromatic heterocycles. The number of benzene rings is 1. The second-order valence-corrected chi connectivity index (χ2v) is 9.87. The van der Waals surface area contributed by atoms with E-state index in [0.29, 0.717) is 5.56 Å². The molecule has 0 aliphatic heterocycles. The Morgan fingerprint density at radius 3 is 2.14 bits per heavy atom. The van der Waals surface area contributed by atoms with E-state index < -0.39 is 15.9 Å². The lowest BCUT2D eigenvalue weighted by molar-refractivity contribution is 0.201. The smallest absolute Gasteiger partial charge is 0.150 e. The highest BCUT2D eigenvalue weighted by molar-refractivity contribution is 7.90. The molecule has 1 aromatic carbocycles. The Morgan fingerprint density at radius 1 is 1.10 bits per heavy atom. The van der Waals surface area contributed by atoms with E-state index in [9.17, 15) is 13.5 Å². The summed E-state index contributed by atoms with van der Waals surface area (Å²) in [5.74, 6) is -0.227. The Morgan fingerprint density at radius 2 is 1.62 bits per heavy atom. The lowest BCUT2D eigenvalue weighted by Crippen LogP contribution is -2.34. The van der Waals surface area contributed by atoms with Gasteiger partial charge >= 0.3 is 0 Å². The van der Waals surface area contributed by atoms with Gasteiger partial charge in [0.05, 0.1) is 11.9 Å². The summed E-state index contributed by atoms with van der Waals surface area (Å²) >= 11 is 0. The number of aliphatic hydroxyl groups is 1. The van der Waals surface area contributed by atoms with Crippen molar-refractivity contribution >= 4 is 9.84 Å². The summed E-state index contributed by atoms with van der Waals surface area (Å²) in [5.41, 5.74) is 3.44. The van der Waals surface area contributed by atoms with Crippen molar-refractivity contribution in [3.8, 4) is 0 Å². The predicted molar refractivity (Wildman–Crippen MR) is 86.4 cm³/mol. The van der Waals surface area contributed by atoms with Crippen LogP contribution in [-0.4, -0.2) is 25.5 Å². The molecule has 118 valence electrons. The van der Waals surface area contributed by atoms with Gasteiger partial charge in [-0.15, -0.1) is 0 Å². The maximum Gasteiger partial charge on any atom is 0.150 e. The molecule has 3 nitrogen and oxygen atoms in total. The largest absolute Gasteiger partial charge is 0.387 e. The molecule has 0 amide bonds. The monoisotopic (exact) mass is 310 g/mol. The van der Waals surface area contributed by atoms with E-state index in [1.165, 1.54) is 11.1 Å². The van der Waals surface area contributed by atoms with Gasteiger partial charge in [-0.3, -0.25) is 0 Å². The molecule has 0 radical (unpaired) electrons. The molecule has 0 saturated carbocycles. The van der Waals surface area contributed by atoms with Gasteiger partial charge in [-0.05, 0) is 40.4 Å². The minimum Gasteiger partial charge on any atom is -0.387 e. The lowest BCUT2D eigenvalue weighted by Gasteiger charge is -2.42. The van der Waals surface area contributed by atoms with Crippen LogP contribution in [0.1, 0.15) is 63.3 Å². The fourth-order valence-corrected chi connectivity index (χ4v) is 3.96. The van der Waals surface area contributed by atoms with Gasteiger partial charge in [-0.2, -0.15) is 0 Å². The van der Waals surface area contributed by atoms with Crippen LogP contribution >= 0.6 is 0 Å². The molecular weight excluding hydrogens is 284 g/mol. The zero-order valence-electron chi connectivity index (χ0n) is 13.6. The average Bonchev–Trinajstić information content (AvgIpc) is 2.33. The molecule has 1 atom stereocenters. The Kier molecular flexibility index (Phi) is 4.00. The number of aliphatic hydroxyl groups excluding tert-OH is 1. The van der Waals surface area contributed by atoms with Gasteiger partial charge in [0.1, 0.15) is 9.84 Å². The molecular formula is C17H26O3S. The van der Waals surface area contributed by atoms with Gasteiger partial charge in [0, 0.05) is 6.26 Å². The molecule has 0 bridgehead atoms. The van der Waals surface area contributed by atoms with E-state index in [4.69, 9.17) is 0 Å². The van der Waals surface area contributed by atoms with Gasteiger partial charge < -0.3 is 5.11 Å². The van der Waals surface area contributed by atoms with Crippen molar-refractivity contribution in [2.75, 3.05) is 12.0 Å². The molecule has 1 unspecified atom stereocenters. The number of hydrogen-bond acceptors (Lipinski definition) is 3. The summed E-state index contributed by atoms with van der Waals surface area (Å²) in [5, 5.41) is 10.2. The normalized spacial score (nSPS) is 21.6. The molecule has 0 heterocycles. The quantitative estimate of drug-likeness (QED) is 0.933. The second kappa shape index (κ2) is 5.10. The summed E-state index contributed by atoms with van der Waals surface area (Å²) in [6, 6.07) is 5.95. The van der Waals surface area contributed by atoms with E-state index in [1.54, 1.807) is 0 Å². The molecule has 2 rings (SSSR count). The van der Waals surface area contributed by atoms with Crippen LogP contribution in [0.4, 0.5) is 0 Å². The van der Waals surface area contributed by atoms with Crippen LogP contribution in [0.5, 0.6) is 0 Å². The fraction of sp³-hybridized carbons (Fsp3) is 0.647.